The zero-order valence-corrected chi connectivity index (χ0v) is 59.5. The molecule has 0 aliphatic rings. The summed E-state index contributed by atoms with van der Waals surface area (Å²) in [5.41, 5.74) is 0. The number of aliphatic hydroxyl groups excluding tert-OH is 2. The van der Waals surface area contributed by atoms with Gasteiger partial charge in [-0.25, -0.2) is 0 Å². The number of unbranched alkanes of at least 4 members (excludes halogenated alkanes) is 64. The molecule has 0 saturated heterocycles. The topological polar surface area (TPSA) is 95.9 Å². The fourth-order valence-corrected chi connectivity index (χ4v) is 13.2. The van der Waals surface area contributed by atoms with Crippen molar-refractivity contribution in [2.24, 2.45) is 0 Å². The normalized spacial score (nSPS) is 12.5. The zero-order valence-electron chi connectivity index (χ0n) is 59.5. The summed E-state index contributed by atoms with van der Waals surface area (Å²) in [4.78, 5) is 24.7. The van der Waals surface area contributed by atoms with E-state index in [1.807, 2.05) is 0 Å². The van der Waals surface area contributed by atoms with Crippen molar-refractivity contribution in [2.75, 3.05) is 13.2 Å². The molecule has 0 fully saturated rings. The first kappa shape index (κ1) is 85.6. The van der Waals surface area contributed by atoms with Crippen molar-refractivity contribution < 1.29 is 24.5 Å². The molecule has 0 bridgehead atoms. The maximum atomic E-state index is 12.6. The van der Waals surface area contributed by atoms with Crippen LogP contribution in [0, 0.1) is 0 Å². The van der Waals surface area contributed by atoms with E-state index >= 15 is 0 Å². The molecule has 0 rings (SSSR count). The molecule has 2 atom stereocenters. The Kier molecular flexibility index (Phi) is 75.8. The van der Waals surface area contributed by atoms with Crippen molar-refractivity contribution in [3.8, 4) is 0 Å². The lowest BCUT2D eigenvalue weighted by atomic mass is 10.0. The molecule has 0 spiro atoms. The minimum atomic E-state index is -0.667. The molecule has 6 heteroatoms. The lowest BCUT2D eigenvalue weighted by molar-refractivity contribution is -0.143. The Hall–Kier alpha value is -1.40. The van der Waals surface area contributed by atoms with Gasteiger partial charge in [0, 0.05) is 12.8 Å². The quantitative estimate of drug-likeness (QED) is 0.0320. The second kappa shape index (κ2) is 77.1. The molecule has 0 aliphatic heterocycles. The van der Waals surface area contributed by atoms with Gasteiger partial charge in [0.1, 0.15) is 0 Å². The fraction of sp³-hybridized carbons (Fsp3) is 0.951. The first-order valence-corrected chi connectivity index (χ1v) is 40.4. The van der Waals surface area contributed by atoms with Gasteiger partial charge in [0.05, 0.1) is 25.4 Å². The Morgan fingerprint density at radius 3 is 0.816 bits per heavy atom. The first-order valence-electron chi connectivity index (χ1n) is 40.4. The van der Waals surface area contributed by atoms with E-state index in [1.54, 1.807) is 0 Å². The van der Waals surface area contributed by atoms with Gasteiger partial charge in [-0.2, -0.15) is 0 Å². The highest BCUT2D eigenvalue weighted by molar-refractivity contribution is 5.76. The average molecular weight is 1230 g/mol. The van der Waals surface area contributed by atoms with E-state index in [9.17, 15) is 19.8 Å². The number of allylic oxidation sites excluding steroid dienone is 2. The van der Waals surface area contributed by atoms with E-state index in [0.29, 0.717) is 25.9 Å². The lowest BCUT2D eigenvalue weighted by Crippen LogP contribution is -2.45. The third-order valence-electron chi connectivity index (χ3n) is 19.3. The van der Waals surface area contributed by atoms with E-state index in [-0.39, 0.29) is 18.5 Å². The van der Waals surface area contributed by atoms with Crippen molar-refractivity contribution in [3.05, 3.63) is 12.2 Å². The van der Waals surface area contributed by atoms with Crippen LogP contribution in [0.4, 0.5) is 0 Å². The van der Waals surface area contributed by atoms with Crippen LogP contribution < -0.4 is 5.32 Å². The number of hydrogen-bond acceptors (Lipinski definition) is 5. The molecule has 3 N–H and O–H groups in total. The highest BCUT2D eigenvalue weighted by atomic mass is 16.5. The van der Waals surface area contributed by atoms with Crippen molar-refractivity contribution in [2.45, 2.75) is 482 Å². The molecule has 0 radical (unpaired) electrons. The SMILES string of the molecule is CCCCCCCCCCCCCCCCCCCCCCCCCCCC(O)C(CO)NC(=O)CCCCCCCCCCCC/C=C\CCCCCCCCCCCCCCOC(=O)CCCCCCCCCCCCCCCCCCCCC. The third-order valence-corrected chi connectivity index (χ3v) is 19.3. The molecular weight excluding hydrogens is 1070 g/mol. The van der Waals surface area contributed by atoms with E-state index in [0.717, 1.165) is 38.5 Å². The number of aliphatic hydroxyl groups is 2. The third kappa shape index (κ3) is 73.5. The summed E-state index contributed by atoms with van der Waals surface area (Å²) >= 11 is 0. The molecule has 1 amide bonds. The van der Waals surface area contributed by atoms with E-state index in [4.69, 9.17) is 4.74 Å². The molecule has 518 valence electrons. The van der Waals surface area contributed by atoms with Crippen LogP contribution in [0.5, 0.6) is 0 Å². The summed E-state index contributed by atoms with van der Waals surface area (Å²) in [5, 5.41) is 23.5. The molecular formula is C81H159NO5. The van der Waals surface area contributed by atoms with Gasteiger partial charge in [0.15, 0.2) is 0 Å². The van der Waals surface area contributed by atoms with E-state index in [1.165, 1.54) is 398 Å². The number of hydrogen-bond donors (Lipinski definition) is 3. The van der Waals surface area contributed by atoms with Gasteiger partial charge in [0.2, 0.25) is 5.91 Å². The van der Waals surface area contributed by atoms with Crippen LogP contribution >= 0.6 is 0 Å². The Morgan fingerprint density at radius 1 is 0.310 bits per heavy atom. The summed E-state index contributed by atoms with van der Waals surface area (Å²) in [6.07, 6.45) is 97.3. The predicted molar refractivity (Wildman–Crippen MR) is 384 cm³/mol. The molecule has 0 aliphatic carbocycles. The van der Waals surface area contributed by atoms with Crippen LogP contribution in [0.1, 0.15) is 470 Å². The van der Waals surface area contributed by atoms with Gasteiger partial charge in [0.25, 0.3) is 0 Å². The minimum absolute atomic E-state index is 0.0208. The van der Waals surface area contributed by atoms with Crippen LogP contribution in [-0.4, -0.2) is 47.4 Å². The van der Waals surface area contributed by atoms with Gasteiger partial charge in [-0.05, 0) is 51.4 Å². The largest absolute Gasteiger partial charge is 0.466 e. The molecule has 2 unspecified atom stereocenters. The van der Waals surface area contributed by atoms with Crippen molar-refractivity contribution in [1.29, 1.82) is 0 Å². The van der Waals surface area contributed by atoms with Crippen LogP contribution in [0.25, 0.3) is 0 Å². The van der Waals surface area contributed by atoms with Gasteiger partial charge >= 0.3 is 5.97 Å². The number of amides is 1. The summed E-state index contributed by atoms with van der Waals surface area (Å²) in [5.74, 6) is -0.00979. The molecule has 6 nitrogen and oxygen atoms in total. The lowest BCUT2D eigenvalue weighted by Gasteiger charge is -2.22. The smallest absolute Gasteiger partial charge is 0.305 e. The average Bonchev–Trinajstić information content (AvgIpc) is 3.54. The maximum absolute atomic E-state index is 12.6. The van der Waals surface area contributed by atoms with Crippen LogP contribution in [0.15, 0.2) is 12.2 Å². The van der Waals surface area contributed by atoms with E-state index in [2.05, 4.69) is 31.3 Å². The van der Waals surface area contributed by atoms with E-state index < -0.39 is 12.1 Å². The highest BCUT2D eigenvalue weighted by Gasteiger charge is 2.20. The first-order chi connectivity index (χ1) is 43.0. The summed E-state index contributed by atoms with van der Waals surface area (Å²) < 4.78 is 5.52. The predicted octanol–water partition coefficient (Wildman–Crippen LogP) is 26.7. The van der Waals surface area contributed by atoms with Crippen LogP contribution in [0.3, 0.4) is 0 Å². The molecule has 0 aromatic rings. The second-order valence-electron chi connectivity index (χ2n) is 28.1. The Labute approximate surface area is 546 Å². The number of rotatable bonds is 77. The molecule has 0 aromatic heterocycles. The summed E-state index contributed by atoms with van der Waals surface area (Å²) in [7, 11) is 0. The van der Waals surface area contributed by atoms with Gasteiger partial charge in [-0.15, -0.1) is 0 Å². The standard InChI is InChI=1S/C81H159NO5/c1-3-5-7-9-11-13-15-17-19-21-23-24-25-28-31-34-38-41-45-49-53-57-61-65-69-73-79(84)78(77-83)82-80(85)74-70-66-62-58-54-50-46-42-39-35-32-29-26-27-30-33-36-40-44-48-52-56-60-64-68-72-76-87-81(86)75-71-67-63-59-55-51-47-43-37-22-20-18-16-14-12-10-8-6-4-2/h26,29,78-79,83-84H,3-25,27-28,30-77H2,1-2H3,(H,82,85)/b29-26-. The zero-order chi connectivity index (χ0) is 62.8. The van der Waals surface area contributed by atoms with Crippen molar-refractivity contribution in [3.63, 3.8) is 0 Å². The fourth-order valence-electron chi connectivity index (χ4n) is 13.2. The Morgan fingerprint density at radius 2 is 0.540 bits per heavy atom. The van der Waals surface area contributed by atoms with Gasteiger partial charge in [-0.3, -0.25) is 9.59 Å². The Bertz CT molecular complexity index is 1320. The minimum Gasteiger partial charge on any atom is -0.466 e. The number of carbonyl (C=O) groups is 2. The second-order valence-corrected chi connectivity index (χ2v) is 28.1. The van der Waals surface area contributed by atoms with Gasteiger partial charge < -0.3 is 20.3 Å². The molecule has 87 heavy (non-hydrogen) atoms. The van der Waals surface area contributed by atoms with Crippen molar-refractivity contribution >= 4 is 11.9 Å². The highest BCUT2D eigenvalue weighted by Crippen LogP contribution is 2.20. The summed E-state index contributed by atoms with van der Waals surface area (Å²) in [6, 6.07) is -0.544. The number of ether oxygens (including phenoxy) is 1. The Balaban J connectivity index is 3.37. The molecule has 0 saturated carbocycles. The van der Waals surface area contributed by atoms with Crippen LogP contribution in [-0.2, 0) is 14.3 Å². The van der Waals surface area contributed by atoms with Crippen molar-refractivity contribution in [1.82, 2.24) is 5.32 Å². The monoisotopic (exact) mass is 1230 g/mol. The maximum Gasteiger partial charge on any atom is 0.305 e. The number of nitrogens with one attached hydrogen (secondary N) is 1. The number of esters is 1. The summed E-state index contributed by atoms with van der Waals surface area (Å²) in [6.45, 7) is 5.02. The molecule has 0 heterocycles. The van der Waals surface area contributed by atoms with Crippen LogP contribution in [0.2, 0.25) is 0 Å². The molecule has 0 aromatic carbocycles. The number of carbonyl (C=O) groups excluding carboxylic acids is 2. The van der Waals surface area contributed by atoms with Gasteiger partial charge in [-0.1, -0.05) is 418 Å².